The smallest absolute Gasteiger partial charge is 0.306 e. The molecule has 0 unspecified atom stereocenters. The Kier molecular flexibility index (Phi) is 4.69. The van der Waals surface area contributed by atoms with Gasteiger partial charge in [0, 0.05) is 10.9 Å². The van der Waals surface area contributed by atoms with Crippen molar-refractivity contribution >= 4 is 21.9 Å². The molecule has 0 N–H and O–H groups in total. The first-order valence-electron chi connectivity index (χ1n) is 5.44. The SMILES string of the molecule is CC(C)(C)OC(=O)CCc1ccc(Br)cc1F. The number of esters is 1. The van der Waals surface area contributed by atoms with Gasteiger partial charge in [0.15, 0.2) is 0 Å². The van der Waals surface area contributed by atoms with Crippen LogP contribution in [0.5, 0.6) is 0 Å². The Hall–Kier alpha value is -0.900. The van der Waals surface area contributed by atoms with Gasteiger partial charge in [0.25, 0.3) is 0 Å². The van der Waals surface area contributed by atoms with Crippen molar-refractivity contribution in [1.82, 2.24) is 0 Å². The molecule has 4 heteroatoms. The predicted molar refractivity (Wildman–Crippen MR) is 68.3 cm³/mol. The van der Waals surface area contributed by atoms with Crippen molar-refractivity contribution in [3.8, 4) is 0 Å². The van der Waals surface area contributed by atoms with Gasteiger partial charge >= 0.3 is 5.97 Å². The quantitative estimate of drug-likeness (QED) is 0.793. The largest absolute Gasteiger partial charge is 0.460 e. The Morgan fingerprint density at radius 3 is 2.59 bits per heavy atom. The van der Waals surface area contributed by atoms with Gasteiger partial charge in [-0.05, 0) is 44.9 Å². The van der Waals surface area contributed by atoms with E-state index >= 15 is 0 Å². The summed E-state index contributed by atoms with van der Waals surface area (Å²) >= 11 is 3.18. The second-order valence-electron chi connectivity index (χ2n) is 4.82. The molecule has 0 amide bonds. The van der Waals surface area contributed by atoms with Gasteiger partial charge in [-0.2, -0.15) is 0 Å². The van der Waals surface area contributed by atoms with E-state index in [1.165, 1.54) is 6.07 Å². The molecule has 0 radical (unpaired) electrons. The number of rotatable bonds is 3. The molecule has 0 aliphatic carbocycles. The van der Waals surface area contributed by atoms with Crippen LogP contribution >= 0.6 is 15.9 Å². The van der Waals surface area contributed by atoms with Crippen LogP contribution in [0.3, 0.4) is 0 Å². The molecule has 17 heavy (non-hydrogen) atoms. The van der Waals surface area contributed by atoms with E-state index in [1.807, 2.05) is 20.8 Å². The first kappa shape index (κ1) is 14.2. The number of benzene rings is 1. The summed E-state index contributed by atoms with van der Waals surface area (Å²) < 4.78 is 19.3. The molecule has 94 valence electrons. The summed E-state index contributed by atoms with van der Waals surface area (Å²) in [6.45, 7) is 5.43. The normalized spacial score (nSPS) is 11.4. The Balaban J connectivity index is 2.53. The number of carbonyl (C=O) groups is 1. The zero-order valence-electron chi connectivity index (χ0n) is 10.2. The number of hydrogen-bond donors (Lipinski definition) is 0. The molecule has 0 aromatic heterocycles. The molecule has 1 aromatic rings. The zero-order valence-corrected chi connectivity index (χ0v) is 11.8. The lowest BCUT2D eigenvalue weighted by molar-refractivity contribution is -0.154. The first-order valence-corrected chi connectivity index (χ1v) is 6.23. The van der Waals surface area contributed by atoms with E-state index in [4.69, 9.17) is 4.74 Å². The van der Waals surface area contributed by atoms with E-state index in [2.05, 4.69) is 15.9 Å². The fraction of sp³-hybridized carbons (Fsp3) is 0.462. The maximum Gasteiger partial charge on any atom is 0.306 e. The number of ether oxygens (including phenoxy) is 1. The van der Waals surface area contributed by atoms with Crippen LogP contribution in [0.25, 0.3) is 0 Å². The van der Waals surface area contributed by atoms with E-state index < -0.39 is 5.60 Å². The number of hydrogen-bond acceptors (Lipinski definition) is 2. The average Bonchev–Trinajstić information content (AvgIpc) is 2.13. The van der Waals surface area contributed by atoms with Gasteiger partial charge in [-0.15, -0.1) is 0 Å². The van der Waals surface area contributed by atoms with Gasteiger partial charge in [-0.3, -0.25) is 4.79 Å². The molecule has 0 saturated carbocycles. The van der Waals surface area contributed by atoms with Crippen LogP contribution < -0.4 is 0 Å². The lowest BCUT2D eigenvalue weighted by Crippen LogP contribution is -2.24. The molecular weight excluding hydrogens is 287 g/mol. The maximum absolute atomic E-state index is 13.5. The molecule has 0 atom stereocenters. The summed E-state index contributed by atoms with van der Waals surface area (Å²) in [5.41, 5.74) is 0.0362. The average molecular weight is 303 g/mol. The van der Waals surface area contributed by atoms with Crippen LogP contribution in [0.1, 0.15) is 32.8 Å². The highest BCUT2D eigenvalue weighted by atomic mass is 79.9. The van der Waals surface area contributed by atoms with E-state index in [0.29, 0.717) is 16.5 Å². The van der Waals surface area contributed by atoms with Crippen LogP contribution in [-0.2, 0) is 16.0 Å². The Bertz CT molecular complexity index is 410. The van der Waals surface area contributed by atoms with Crippen LogP contribution in [0.4, 0.5) is 4.39 Å². The van der Waals surface area contributed by atoms with Crippen LogP contribution in [-0.4, -0.2) is 11.6 Å². The van der Waals surface area contributed by atoms with Gasteiger partial charge in [-0.25, -0.2) is 4.39 Å². The summed E-state index contributed by atoms with van der Waals surface area (Å²) in [4.78, 5) is 11.5. The molecular formula is C13H16BrFO2. The number of halogens is 2. The molecule has 2 nitrogen and oxygen atoms in total. The highest BCUT2D eigenvalue weighted by Crippen LogP contribution is 2.17. The van der Waals surface area contributed by atoms with E-state index in [1.54, 1.807) is 12.1 Å². The molecule has 0 fully saturated rings. The van der Waals surface area contributed by atoms with E-state index in [-0.39, 0.29) is 18.2 Å². The molecule has 0 saturated heterocycles. The highest BCUT2D eigenvalue weighted by Gasteiger charge is 2.16. The summed E-state index contributed by atoms with van der Waals surface area (Å²) in [6, 6.07) is 4.82. The van der Waals surface area contributed by atoms with Crippen molar-refractivity contribution in [2.75, 3.05) is 0 Å². The van der Waals surface area contributed by atoms with Crippen LogP contribution in [0.15, 0.2) is 22.7 Å². The topological polar surface area (TPSA) is 26.3 Å². The van der Waals surface area contributed by atoms with E-state index in [9.17, 15) is 9.18 Å². The molecule has 1 aromatic carbocycles. The van der Waals surface area contributed by atoms with Gasteiger partial charge in [0.1, 0.15) is 11.4 Å². The number of carbonyl (C=O) groups excluding carboxylic acids is 1. The minimum absolute atomic E-state index is 0.190. The molecule has 0 heterocycles. The molecule has 0 bridgehead atoms. The Morgan fingerprint density at radius 2 is 2.06 bits per heavy atom. The van der Waals surface area contributed by atoms with Crippen molar-refractivity contribution < 1.29 is 13.9 Å². The van der Waals surface area contributed by atoms with Gasteiger partial charge in [0.2, 0.25) is 0 Å². The summed E-state index contributed by atoms with van der Waals surface area (Å²) in [7, 11) is 0. The third kappa shape index (κ3) is 5.31. The molecule has 1 rings (SSSR count). The van der Waals surface area contributed by atoms with Crippen molar-refractivity contribution in [2.24, 2.45) is 0 Å². The first-order chi connectivity index (χ1) is 7.78. The second-order valence-corrected chi connectivity index (χ2v) is 5.74. The van der Waals surface area contributed by atoms with Gasteiger partial charge in [0.05, 0.1) is 0 Å². The lowest BCUT2D eigenvalue weighted by atomic mass is 10.1. The predicted octanol–water partition coefficient (Wildman–Crippen LogP) is 3.86. The van der Waals surface area contributed by atoms with Gasteiger partial charge < -0.3 is 4.74 Å². The summed E-state index contributed by atoms with van der Waals surface area (Å²) in [5, 5.41) is 0. The van der Waals surface area contributed by atoms with Crippen molar-refractivity contribution in [3.63, 3.8) is 0 Å². The van der Waals surface area contributed by atoms with E-state index in [0.717, 1.165) is 0 Å². The molecule has 0 aliphatic heterocycles. The zero-order chi connectivity index (χ0) is 13.1. The molecule has 0 spiro atoms. The Labute approximate surface area is 109 Å². The monoisotopic (exact) mass is 302 g/mol. The second kappa shape index (κ2) is 5.63. The minimum Gasteiger partial charge on any atom is -0.460 e. The van der Waals surface area contributed by atoms with Gasteiger partial charge in [-0.1, -0.05) is 22.0 Å². The summed E-state index contributed by atoms with van der Waals surface area (Å²) in [5.74, 6) is -0.609. The fourth-order valence-corrected chi connectivity index (χ4v) is 1.69. The fourth-order valence-electron chi connectivity index (χ4n) is 1.35. The summed E-state index contributed by atoms with van der Waals surface area (Å²) in [6.07, 6.45) is 0.545. The van der Waals surface area contributed by atoms with Crippen molar-refractivity contribution in [2.45, 2.75) is 39.2 Å². The van der Waals surface area contributed by atoms with Crippen molar-refractivity contribution in [1.29, 1.82) is 0 Å². The lowest BCUT2D eigenvalue weighted by Gasteiger charge is -2.19. The third-order valence-electron chi connectivity index (χ3n) is 2.03. The third-order valence-corrected chi connectivity index (χ3v) is 2.53. The highest BCUT2D eigenvalue weighted by molar-refractivity contribution is 9.10. The maximum atomic E-state index is 13.5. The van der Waals surface area contributed by atoms with Crippen molar-refractivity contribution in [3.05, 3.63) is 34.1 Å². The minimum atomic E-state index is -0.491. The Morgan fingerprint density at radius 1 is 1.41 bits per heavy atom. The van der Waals surface area contributed by atoms with Crippen LogP contribution in [0, 0.1) is 5.82 Å². The van der Waals surface area contributed by atoms with Crippen LogP contribution in [0.2, 0.25) is 0 Å². The number of aryl methyl sites for hydroxylation is 1. The molecule has 0 aliphatic rings. The standard InChI is InChI=1S/C13H16BrFO2/c1-13(2,3)17-12(16)7-5-9-4-6-10(14)8-11(9)15/h4,6,8H,5,7H2,1-3H3.